The standard InChI is InChI=1S/C17H15F2N3O5/c1-20-17(24)15(9-3-5-11(18)12(19)7-9)21-16(23)10-4-6-14(27-2)13(8-10)22(25)26/h3-8,15H,1-2H3,(H,20,24)(H,21,23). The Kier molecular flexibility index (Phi) is 6.01. The van der Waals surface area contributed by atoms with Crippen molar-refractivity contribution in [2.45, 2.75) is 6.04 Å². The van der Waals surface area contributed by atoms with Gasteiger partial charge < -0.3 is 15.4 Å². The second kappa shape index (κ2) is 8.21. The summed E-state index contributed by atoms with van der Waals surface area (Å²) >= 11 is 0. The first-order valence-electron chi connectivity index (χ1n) is 7.58. The van der Waals surface area contributed by atoms with E-state index >= 15 is 0 Å². The van der Waals surface area contributed by atoms with Crippen LogP contribution in [0.1, 0.15) is 22.0 Å². The van der Waals surface area contributed by atoms with Crippen molar-refractivity contribution in [2.24, 2.45) is 0 Å². The molecule has 0 saturated carbocycles. The largest absolute Gasteiger partial charge is 0.490 e. The predicted octanol–water partition coefficient (Wildman–Crippen LogP) is 2.10. The summed E-state index contributed by atoms with van der Waals surface area (Å²) in [5, 5.41) is 15.7. The maximum Gasteiger partial charge on any atom is 0.311 e. The minimum absolute atomic E-state index is 0.00427. The molecule has 1 unspecified atom stereocenters. The van der Waals surface area contributed by atoms with Gasteiger partial charge in [-0.2, -0.15) is 0 Å². The molecule has 27 heavy (non-hydrogen) atoms. The summed E-state index contributed by atoms with van der Waals surface area (Å²) in [7, 11) is 2.55. The van der Waals surface area contributed by atoms with Crippen molar-refractivity contribution in [1.29, 1.82) is 0 Å². The summed E-state index contributed by atoms with van der Waals surface area (Å²) in [5.41, 5.74) is -0.543. The molecule has 0 aromatic heterocycles. The fraction of sp³-hybridized carbons (Fsp3) is 0.176. The summed E-state index contributed by atoms with van der Waals surface area (Å²) in [4.78, 5) is 34.9. The Morgan fingerprint density at radius 2 is 1.85 bits per heavy atom. The lowest BCUT2D eigenvalue weighted by Gasteiger charge is -2.18. The van der Waals surface area contributed by atoms with Gasteiger partial charge in [0.15, 0.2) is 17.4 Å². The van der Waals surface area contributed by atoms with E-state index in [1.807, 2.05) is 0 Å². The van der Waals surface area contributed by atoms with Crippen LogP contribution in [0, 0.1) is 21.7 Å². The molecule has 2 aromatic rings. The highest BCUT2D eigenvalue weighted by molar-refractivity contribution is 5.98. The number of hydrogen-bond donors (Lipinski definition) is 2. The van der Waals surface area contributed by atoms with Gasteiger partial charge in [0, 0.05) is 18.7 Å². The van der Waals surface area contributed by atoms with E-state index in [1.165, 1.54) is 26.3 Å². The second-order valence-corrected chi connectivity index (χ2v) is 5.34. The summed E-state index contributed by atoms with van der Waals surface area (Å²) < 4.78 is 31.5. The molecule has 0 fully saturated rings. The van der Waals surface area contributed by atoms with Crippen molar-refractivity contribution >= 4 is 17.5 Å². The Morgan fingerprint density at radius 3 is 2.41 bits per heavy atom. The second-order valence-electron chi connectivity index (χ2n) is 5.34. The van der Waals surface area contributed by atoms with Crippen LogP contribution >= 0.6 is 0 Å². The number of nitrogens with zero attached hydrogens (tertiary/aromatic N) is 1. The number of nitro groups is 1. The molecule has 2 amide bonds. The third kappa shape index (κ3) is 4.35. The summed E-state index contributed by atoms with van der Waals surface area (Å²) in [6, 6.07) is 4.91. The fourth-order valence-electron chi connectivity index (χ4n) is 2.32. The molecule has 2 aromatic carbocycles. The molecule has 142 valence electrons. The number of nitrogens with one attached hydrogen (secondary N) is 2. The van der Waals surface area contributed by atoms with Crippen LogP contribution in [0.4, 0.5) is 14.5 Å². The number of likely N-dealkylation sites (N-methyl/N-ethyl adjacent to an activating group) is 1. The number of amides is 2. The molecular formula is C17H15F2N3O5. The quantitative estimate of drug-likeness (QED) is 0.590. The van der Waals surface area contributed by atoms with Gasteiger partial charge in [0.05, 0.1) is 12.0 Å². The Morgan fingerprint density at radius 1 is 1.15 bits per heavy atom. The zero-order valence-corrected chi connectivity index (χ0v) is 14.3. The van der Waals surface area contributed by atoms with Gasteiger partial charge in [-0.25, -0.2) is 8.78 Å². The molecule has 0 aliphatic heterocycles. The fourth-order valence-corrected chi connectivity index (χ4v) is 2.32. The van der Waals surface area contributed by atoms with Crippen LogP contribution in [0.3, 0.4) is 0 Å². The molecule has 0 aliphatic rings. The maximum absolute atomic E-state index is 13.5. The number of carbonyl (C=O) groups is 2. The number of rotatable bonds is 6. The molecule has 8 nitrogen and oxygen atoms in total. The van der Waals surface area contributed by atoms with Crippen LogP contribution in [0.2, 0.25) is 0 Å². The van der Waals surface area contributed by atoms with Gasteiger partial charge in [-0.3, -0.25) is 19.7 Å². The van der Waals surface area contributed by atoms with Crippen molar-refractivity contribution in [3.8, 4) is 5.75 Å². The van der Waals surface area contributed by atoms with Crippen LogP contribution in [0.25, 0.3) is 0 Å². The average molecular weight is 379 g/mol. The van der Waals surface area contributed by atoms with E-state index in [9.17, 15) is 28.5 Å². The van der Waals surface area contributed by atoms with E-state index in [-0.39, 0.29) is 16.9 Å². The van der Waals surface area contributed by atoms with Crippen molar-refractivity contribution < 1.29 is 28.0 Å². The minimum Gasteiger partial charge on any atom is -0.490 e. The molecule has 1 atom stereocenters. The first-order valence-corrected chi connectivity index (χ1v) is 7.58. The topological polar surface area (TPSA) is 111 Å². The maximum atomic E-state index is 13.5. The molecule has 10 heteroatoms. The van der Waals surface area contributed by atoms with Crippen LogP contribution in [0.5, 0.6) is 5.75 Å². The number of methoxy groups -OCH3 is 1. The van der Waals surface area contributed by atoms with Gasteiger partial charge in [0.1, 0.15) is 6.04 Å². The van der Waals surface area contributed by atoms with Gasteiger partial charge in [-0.1, -0.05) is 6.07 Å². The molecule has 0 aliphatic carbocycles. The highest BCUT2D eigenvalue weighted by Gasteiger charge is 2.25. The van der Waals surface area contributed by atoms with Crippen molar-refractivity contribution in [3.63, 3.8) is 0 Å². The monoisotopic (exact) mass is 379 g/mol. The smallest absolute Gasteiger partial charge is 0.311 e. The van der Waals surface area contributed by atoms with Crippen molar-refractivity contribution in [2.75, 3.05) is 14.2 Å². The molecular weight excluding hydrogens is 364 g/mol. The van der Waals surface area contributed by atoms with E-state index in [0.29, 0.717) is 0 Å². The van der Waals surface area contributed by atoms with Crippen LogP contribution in [-0.4, -0.2) is 30.9 Å². The molecule has 2 N–H and O–H groups in total. The first-order chi connectivity index (χ1) is 12.8. The number of benzene rings is 2. The highest BCUT2D eigenvalue weighted by Crippen LogP contribution is 2.28. The van der Waals surface area contributed by atoms with E-state index in [1.54, 1.807) is 0 Å². The number of ether oxygens (including phenoxy) is 1. The Labute approximate surface area is 152 Å². The van der Waals surface area contributed by atoms with Gasteiger partial charge in [-0.05, 0) is 29.8 Å². The Balaban J connectivity index is 2.36. The van der Waals surface area contributed by atoms with Crippen molar-refractivity contribution in [1.82, 2.24) is 10.6 Å². The third-order valence-electron chi connectivity index (χ3n) is 3.70. The lowest BCUT2D eigenvalue weighted by Crippen LogP contribution is -2.39. The first kappa shape index (κ1) is 19.8. The van der Waals surface area contributed by atoms with Gasteiger partial charge in [0.25, 0.3) is 5.91 Å². The Hall–Kier alpha value is -3.56. The zero-order valence-electron chi connectivity index (χ0n) is 14.3. The number of hydrogen-bond acceptors (Lipinski definition) is 5. The van der Waals surface area contributed by atoms with Crippen LogP contribution < -0.4 is 15.4 Å². The SMILES string of the molecule is CNC(=O)C(NC(=O)c1ccc(OC)c([N+](=O)[O-])c1)c1ccc(F)c(F)c1. The number of nitro benzene ring substituents is 1. The number of halogens is 2. The molecule has 0 radical (unpaired) electrons. The Bertz CT molecular complexity index is 904. The van der Waals surface area contributed by atoms with Gasteiger partial charge >= 0.3 is 5.69 Å². The summed E-state index contributed by atoms with van der Waals surface area (Å²) in [5.74, 6) is -3.83. The molecule has 0 saturated heterocycles. The lowest BCUT2D eigenvalue weighted by atomic mass is 10.0. The highest BCUT2D eigenvalue weighted by atomic mass is 19.2. The molecule has 0 heterocycles. The normalized spacial score (nSPS) is 11.4. The van der Waals surface area contributed by atoms with E-state index < -0.39 is 40.1 Å². The summed E-state index contributed by atoms with van der Waals surface area (Å²) in [6.07, 6.45) is 0. The molecule has 2 rings (SSSR count). The van der Waals surface area contributed by atoms with Crippen LogP contribution in [-0.2, 0) is 4.79 Å². The lowest BCUT2D eigenvalue weighted by molar-refractivity contribution is -0.385. The van der Waals surface area contributed by atoms with E-state index in [4.69, 9.17) is 4.74 Å². The predicted molar refractivity (Wildman–Crippen MR) is 90.3 cm³/mol. The zero-order chi connectivity index (χ0) is 20.1. The van der Waals surface area contributed by atoms with Gasteiger partial charge in [0.2, 0.25) is 5.91 Å². The van der Waals surface area contributed by atoms with E-state index in [0.717, 1.165) is 24.3 Å². The molecule has 0 spiro atoms. The number of carbonyl (C=O) groups excluding carboxylic acids is 2. The van der Waals surface area contributed by atoms with E-state index in [2.05, 4.69) is 10.6 Å². The summed E-state index contributed by atoms with van der Waals surface area (Å²) in [6.45, 7) is 0. The van der Waals surface area contributed by atoms with Crippen molar-refractivity contribution in [3.05, 3.63) is 69.3 Å². The molecule has 0 bridgehead atoms. The average Bonchev–Trinajstić information content (AvgIpc) is 2.66. The van der Waals surface area contributed by atoms with Crippen LogP contribution in [0.15, 0.2) is 36.4 Å². The van der Waals surface area contributed by atoms with Gasteiger partial charge in [-0.15, -0.1) is 0 Å². The third-order valence-corrected chi connectivity index (χ3v) is 3.70. The minimum atomic E-state index is -1.33.